The van der Waals surface area contributed by atoms with E-state index >= 15 is 0 Å². The number of nitrogens with one attached hydrogen (secondary N) is 2. The van der Waals surface area contributed by atoms with Gasteiger partial charge in [0.15, 0.2) is 9.84 Å². The van der Waals surface area contributed by atoms with Crippen LogP contribution in [0.25, 0.3) is 0 Å². The van der Waals surface area contributed by atoms with Crippen molar-refractivity contribution in [3.63, 3.8) is 0 Å². The summed E-state index contributed by atoms with van der Waals surface area (Å²) in [6.07, 6.45) is 0.499. The van der Waals surface area contributed by atoms with Crippen molar-refractivity contribution < 1.29 is 32.6 Å². The van der Waals surface area contributed by atoms with Crippen LogP contribution < -0.4 is 10.6 Å². The van der Waals surface area contributed by atoms with Gasteiger partial charge in [-0.25, -0.2) is 18.0 Å². The van der Waals surface area contributed by atoms with Gasteiger partial charge in [-0.2, -0.15) is 0 Å². The molecule has 1 atom stereocenters. The predicted molar refractivity (Wildman–Crippen MR) is 73.5 cm³/mol. The number of hydrogen-bond donors (Lipinski definition) is 3. The van der Waals surface area contributed by atoms with Gasteiger partial charge in [-0.1, -0.05) is 0 Å². The van der Waals surface area contributed by atoms with Gasteiger partial charge in [0.05, 0.1) is 18.3 Å². The molecule has 10 heteroatoms. The minimum atomic E-state index is -3.40. The number of carboxylic acid groups (broad SMARTS) is 1. The zero-order valence-electron chi connectivity index (χ0n) is 12.3. The maximum absolute atomic E-state index is 11.6. The highest BCUT2D eigenvalue weighted by Gasteiger charge is 2.31. The molecule has 122 valence electrons. The van der Waals surface area contributed by atoms with Crippen LogP contribution in [0.3, 0.4) is 0 Å². The first-order chi connectivity index (χ1) is 9.40. The largest absolute Gasteiger partial charge is 0.480 e. The lowest BCUT2D eigenvalue weighted by Crippen LogP contribution is -2.51. The van der Waals surface area contributed by atoms with Gasteiger partial charge in [0.2, 0.25) is 0 Å². The van der Waals surface area contributed by atoms with Crippen molar-refractivity contribution in [1.82, 2.24) is 10.6 Å². The van der Waals surface area contributed by atoms with E-state index in [4.69, 9.17) is 5.11 Å². The molecule has 0 aromatic rings. The zero-order chi connectivity index (χ0) is 16.8. The number of ether oxygens (including phenoxy) is 1. The maximum Gasteiger partial charge on any atom is 0.326 e. The number of methoxy groups -OCH3 is 1. The third kappa shape index (κ3) is 6.43. The molecule has 21 heavy (non-hydrogen) atoms. The van der Waals surface area contributed by atoms with Gasteiger partial charge in [-0.05, 0) is 13.8 Å². The van der Waals surface area contributed by atoms with E-state index in [-0.39, 0.29) is 6.54 Å². The topological polar surface area (TPSA) is 139 Å². The molecule has 0 aliphatic heterocycles. The molecule has 2 amide bonds. The molecule has 0 fully saturated rings. The third-order valence-corrected chi connectivity index (χ3v) is 5.03. The van der Waals surface area contributed by atoms with Gasteiger partial charge >= 0.3 is 18.0 Å². The molecule has 0 saturated heterocycles. The maximum atomic E-state index is 11.6. The second-order valence-corrected chi connectivity index (χ2v) is 7.68. The van der Waals surface area contributed by atoms with Gasteiger partial charge in [0.1, 0.15) is 6.04 Å². The first-order valence-corrected chi connectivity index (χ1v) is 7.83. The SMILES string of the molecule is COC(=O)C[C@H](NC(=O)NCC(C)(C)S(C)(=O)=O)C(=O)O. The van der Waals surface area contributed by atoms with E-state index in [1.54, 1.807) is 0 Å². The molecule has 9 nitrogen and oxygen atoms in total. The number of esters is 1. The second kappa shape index (κ2) is 7.25. The molecular formula is C11H20N2O7S. The normalized spacial score (nSPS) is 13.1. The second-order valence-electron chi connectivity index (χ2n) is 5.03. The van der Waals surface area contributed by atoms with Crippen molar-refractivity contribution in [2.45, 2.75) is 31.1 Å². The van der Waals surface area contributed by atoms with Crippen molar-refractivity contribution in [3.05, 3.63) is 0 Å². The predicted octanol–water partition coefficient (Wildman–Crippen LogP) is -0.875. The number of carboxylic acids is 1. The number of urea groups is 1. The molecule has 0 bridgehead atoms. The van der Waals surface area contributed by atoms with Gasteiger partial charge in [0.25, 0.3) is 0 Å². The lowest BCUT2D eigenvalue weighted by Gasteiger charge is -2.23. The monoisotopic (exact) mass is 324 g/mol. The Balaban J connectivity index is 4.60. The molecule has 0 aliphatic carbocycles. The highest BCUT2D eigenvalue weighted by molar-refractivity contribution is 7.92. The fraction of sp³-hybridized carbons (Fsp3) is 0.727. The lowest BCUT2D eigenvalue weighted by atomic mass is 10.2. The Hall–Kier alpha value is -1.84. The number of amides is 2. The van der Waals surface area contributed by atoms with Crippen molar-refractivity contribution in [2.75, 3.05) is 19.9 Å². The first-order valence-electron chi connectivity index (χ1n) is 5.94. The van der Waals surface area contributed by atoms with Crippen LogP contribution in [0.1, 0.15) is 20.3 Å². The Morgan fingerprint density at radius 3 is 2.19 bits per heavy atom. The average molecular weight is 324 g/mol. The molecule has 0 heterocycles. The lowest BCUT2D eigenvalue weighted by molar-refractivity contribution is -0.147. The molecule has 0 rings (SSSR count). The van der Waals surface area contributed by atoms with Gasteiger partial charge in [-0.15, -0.1) is 0 Å². The number of carbonyl (C=O) groups excluding carboxylic acids is 2. The molecule has 0 aromatic carbocycles. The zero-order valence-corrected chi connectivity index (χ0v) is 13.1. The van der Waals surface area contributed by atoms with Crippen LogP contribution in [0.4, 0.5) is 4.79 Å². The summed E-state index contributed by atoms with van der Waals surface area (Å²) in [5.41, 5.74) is 0. The van der Waals surface area contributed by atoms with Crippen LogP contribution in [-0.2, 0) is 24.2 Å². The molecule has 0 radical (unpaired) electrons. The van der Waals surface area contributed by atoms with E-state index < -0.39 is 45.0 Å². The van der Waals surface area contributed by atoms with Gasteiger partial charge < -0.3 is 20.5 Å². The van der Waals surface area contributed by atoms with Crippen molar-refractivity contribution in [2.24, 2.45) is 0 Å². The van der Waals surface area contributed by atoms with E-state index in [0.717, 1.165) is 13.4 Å². The number of sulfone groups is 1. The van der Waals surface area contributed by atoms with E-state index in [0.29, 0.717) is 0 Å². The Morgan fingerprint density at radius 2 is 1.81 bits per heavy atom. The van der Waals surface area contributed by atoms with Crippen molar-refractivity contribution in [1.29, 1.82) is 0 Å². The highest BCUT2D eigenvalue weighted by Crippen LogP contribution is 2.13. The molecular weight excluding hydrogens is 304 g/mol. The number of aliphatic carboxylic acids is 1. The molecule has 0 aliphatic rings. The number of rotatable bonds is 7. The van der Waals surface area contributed by atoms with E-state index in [9.17, 15) is 22.8 Å². The summed E-state index contributed by atoms with van der Waals surface area (Å²) in [7, 11) is -2.31. The van der Waals surface area contributed by atoms with Gasteiger partial charge in [0, 0.05) is 12.8 Å². The van der Waals surface area contributed by atoms with Crippen LogP contribution in [0.2, 0.25) is 0 Å². The summed E-state index contributed by atoms with van der Waals surface area (Å²) in [5.74, 6) is -2.20. The van der Waals surface area contributed by atoms with Crippen LogP contribution in [0, 0.1) is 0 Å². The number of carbonyl (C=O) groups is 3. The minimum Gasteiger partial charge on any atom is -0.480 e. The fourth-order valence-electron chi connectivity index (χ4n) is 1.08. The first kappa shape index (κ1) is 19.2. The molecule has 3 N–H and O–H groups in total. The molecule has 0 unspecified atom stereocenters. The quantitative estimate of drug-likeness (QED) is 0.517. The molecule has 0 aromatic heterocycles. The smallest absolute Gasteiger partial charge is 0.326 e. The van der Waals surface area contributed by atoms with Crippen molar-refractivity contribution >= 4 is 27.8 Å². The van der Waals surface area contributed by atoms with Gasteiger partial charge in [-0.3, -0.25) is 4.79 Å². The molecule has 0 saturated carbocycles. The fourth-order valence-corrected chi connectivity index (χ4v) is 1.42. The molecule has 0 spiro atoms. The standard InChI is InChI=1S/C11H20N2O7S/c1-11(2,21(4,18)19)6-12-10(17)13-7(9(15)16)5-8(14)20-3/h7H,5-6H2,1-4H3,(H,15,16)(H2,12,13,17)/t7-/m0/s1. The summed E-state index contributed by atoms with van der Waals surface area (Å²) in [6, 6.07) is -2.35. The van der Waals surface area contributed by atoms with Crippen LogP contribution in [0.15, 0.2) is 0 Å². The van der Waals surface area contributed by atoms with Crippen LogP contribution in [0.5, 0.6) is 0 Å². The number of hydrogen-bond acceptors (Lipinski definition) is 6. The Bertz CT molecular complexity index is 513. The van der Waals surface area contributed by atoms with E-state index in [1.165, 1.54) is 13.8 Å². The Morgan fingerprint density at radius 1 is 1.29 bits per heavy atom. The Labute approximate surface area is 123 Å². The van der Waals surface area contributed by atoms with E-state index in [2.05, 4.69) is 15.4 Å². The highest BCUT2D eigenvalue weighted by atomic mass is 32.2. The van der Waals surface area contributed by atoms with Crippen LogP contribution >= 0.6 is 0 Å². The minimum absolute atomic E-state index is 0.206. The summed E-state index contributed by atoms with van der Waals surface area (Å²) >= 11 is 0. The Kier molecular flexibility index (Phi) is 6.61. The van der Waals surface area contributed by atoms with Crippen LogP contribution in [-0.4, -0.2) is 62.2 Å². The van der Waals surface area contributed by atoms with Crippen molar-refractivity contribution in [3.8, 4) is 0 Å². The summed E-state index contributed by atoms with van der Waals surface area (Å²) < 4.78 is 26.0. The third-order valence-electron chi connectivity index (χ3n) is 2.88. The summed E-state index contributed by atoms with van der Waals surface area (Å²) in [5, 5.41) is 13.2. The average Bonchev–Trinajstić information content (AvgIpc) is 2.33. The van der Waals surface area contributed by atoms with E-state index in [1.807, 2.05) is 0 Å². The summed E-state index contributed by atoms with van der Waals surface area (Å²) in [4.78, 5) is 33.5. The summed E-state index contributed by atoms with van der Waals surface area (Å²) in [6.45, 7) is 2.64.